The van der Waals surface area contributed by atoms with E-state index in [4.69, 9.17) is 4.42 Å². The Labute approximate surface area is 207 Å². The summed E-state index contributed by atoms with van der Waals surface area (Å²) in [5, 5.41) is 2.41. The minimum absolute atomic E-state index is 0.816. The quantitative estimate of drug-likeness (QED) is 0.251. The largest absolute Gasteiger partial charge is 0.454 e. The van der Waals surface area contributed by atoms with Crippen molar-refractivity contribution in [1.82, 2.24) is 0 Å². The van der Waals surface area contributed by atoms with Crippen LogP contribution in [-0.2, 0) is 19.9 Å². The molecule has 0 aliphatic heterocycles. The van der Waals surface area contributed by atoms with Crippen LogP contribution in [0.5, 0.6) is 0 Å². The Hall–Kier alpha value is -3.39. The maximum Gasteiger partial charge on any atom is 0.216 e. The molecule has 2 aliphatic rings. The van der Waals surface area contributed by atoms with Crippen LogP contribution in [0.25, 0.3) is 44.3 Å². The standard InChI is InChI=1S/C33H32NO/c1-21-16-17-28-27-14-8-13-26(32(27)35-33(28)31(21)30-15-5-6-18-34(30)2)25-12-7-11-23-19-24(20-29(23)25)22-9-3-4-10-22/h5-8,11-18,22,24H,3-4,9-10,19-20H2,1-2H3/q+1. The first-order valence-corrected chi connectivity index (χ1v) is 13.2. The normalized spacial score (nSPS) is 18.1. The van der Waals surface area contributed by atoms with Gasteiger partial charge in [0.05, 0.1) is 5.56 Å². The summed E-state index contributed by atoms with van der Waals surface area (Å²) in [6, 6.07) is 24.5. The van der Waals surface area contributed by atoms with Gasteiger partial charge in [0.25, 0.3) is 0 Å². The van der Waals surface area contributed by atoms with E-state index in [1.807, 2.05) is 0 Å². The fourth-order valence-corrected chi connectivity index (χ4v) is 6.97. The fraction of sp³-hybridized carbons (Fsp3) is 0.303. The molecule has 0 saturated heterocycles. The summed E-state index contributed by atoms with van der Waals surface area (Å²) < 4.78 is 9.02. The molecular weight excluding hydrogens is 426 g/mol. The van der Waals surface area contributed by atoms with Crippen molar-refractivity contribution in [2.75, 3.05) is 0 Å². The molecule has 174 valence electrons. The molecule has 0 radical (unpaired) electrons. The Bertz CT molecular complexity index is 1580. The van der Waals surface area contributed by atoms with Crippen molar-refractivity contribution in [3.63, 3.8) is 0 Å². The molecule has 0 spiro atoms. The van der Waals surface area contributed by atoms with E-state index in [1.54, 1.807) is 11.1 Å². The number of nitrogens with zero attached hydrogens (tertiary/aromatic N) is 1. The molecule has 1 fully saturated rings. The Kier molecular flexibility index (Phi) is 4.84. The number of aromatic nitrogens is 1. The van der Waals surface area contributed by atoms with Crippen LogP contribution in [-0.4, -0.2) is 0 Å². The summed E-state index contributed by atoms with van der Waals surface area (Å²) in [5.41, 5.74) is 11.3. The summed E-state index contributed by atoms with van der Waals surface area (Å²) in [4.78, 5) is 0. The number of aryl methyl sites for hydroxylation is 2. The van der Waals surface area contributed by atoms with Crippen LogP contribution in [0.15, 0.2) is 77.3 Å². The van der Waals surface area contributed by atoms with E-state index in [2.05, 4.69) is 91.5 Å². The Balaban J connectivity index is 1.42. The minimum Gasteiger partial charge on any atom is -0.454 e. The highest BCUT2D eigenvalue weighted by molar-refractivity contribution is 6.13. The van der Waals surface area contributed by atoms with Gasteiger partial charge in [-0.05, 0) is 59.9 Å². The summed E-state index contributed by atoms with van der Waals surface area (Å²) in [6.07, 6.45) is 10.3. The zero-order valence-electron chi connectivity index (χ0n) is 20.7. The highest BCUT2D eigenvalue weighted by atomic mass is 16.3. The van der Waals surface area contributed by atoms with Gasteiger partial charge in [0, 0.05) is 28.5 Å². The van der Waals surface area contributed by atoms with E-state index in [9.17, 15) is 0 Å². The molecule has 2 aliphatic carbocycles. The molecule has 1 saturated carbocycles. The van der Waals surface area contributed by atoms with Crippen LogP contribution >= 0.6 is 0 Å². The topological polar surface area (TPSA) is 17.0 Å². The summed E-state index contributed by atoms with van der Waals surface area (Å²) in [7, 11) is 2.11. The molecule has 5 aromatic rings. The average molecular weight is 459 g/mol. The van der Waals surface area contributed by atoms with Crippen molar-refractivity contribution >= 4 is 21.9 Å². The van der Waals surface area contributed by atoms with E-state index in [0.29, 0.717) is 0 Å². The molecule has 2 aromatic heterocycles. The lowest BCUT2D eigenvalue weighted by Gasteiger charge is -2.17. The molecule has 3 aromatic carbocycles. The van der Waals surface area contributed by atoms with Gasteiger partial charge in [0.1, 0.15) is 18.2 Å². The Morgan fingerprint density at radius 1 is 0.743 bits per heavy atom. The first kappa shape index (κ1) is 20.9. The molecular formula is C33H32NO+. The van der Waals surface area contributed by atoms with E-state index < -0.39 is 0 Å². The molecule has 0 amide bonds. The van der Waals surface area contributed by atoms with Gasteiger partial charge < -0.3 is 4.42 Å². The van der Waals surface area contributed by atoms with Gasteiger partial charge in [0.15, 0.2) is 6.20 Å². The number of rotatable bonds is 3. The van der Waals surface area contributed by atoms with Crippen molar-refractivity contribution in [3.05, 3.63) is 89.6 Å². The van der Waals surface area contributed by atoms with Crippen molar-refractivity contribution in [1.29, 1.82) is 0 Å². The van der Waals surface area contributed by atoms with Crippen molar-refractivity contribution in [3.8, 4) is 22.4 Å². The maximum atomic E-state index is 6.83. The predicted molar refractivity (Wildman–Crippen MR) is 143 cm³/mol. The van der Waals surface area contributed by atoms with Crippen LogP contribution in [0.3, 0.4) is 0 Å². The molecule has 2 heterocycles. The highest BCUT2D eigenvalue weighted by Gasteiger charge is 2.32. The predicted octanol–water partition coefficient (Wildman–Crippen LogP) is 7.96. The second kappa shape index (κ2) is 8.09. The molecule has 0 N–H and O–H groups in total. The lowest BCUT2D eigenvalue weighted by atomic mass is 9.88. The van der Waals surface area contributed by atoms with Gasteiger partial charge in [-0.15, -0.1) is 0 Å². The smallest absolute Gasteiger partial charge is 0.216 e. The molecule has 35 heavy (non-hydrogen) atoms. The SMILES string of the molecule is Cc1ccc2c(oc3c(-c4cccc5c4CC(C4CCCC4)C5)cccc32)c1-c1cccc[n+]1C. The van der Waals surface area contributed by atoms with Gasteiger partial charge in [0.2, 0.25) is 5.69 Å². The van der Waals surface area contributed by atoms with Crippen molar-refractivity contribution in [2.24, 2.45) is 18.9 Å². The fourth-order valence-electron chi connectivity index (χ4n) is 6.97. The Morgan fingerprint density at radius 3 is 2.40 bits per heavy atom. The van der Waals surface area contributed by atoms with Gasteiger partial charge in [-0.1, -0.05) is 74.2 Å². The highest BCUT2D eigenvalue weighted by Crippen LogP contribution is 2.45. The third-order valence-corrected chi connectivity index (χ3v) is 8.76. The number of para-hydroxylation sites is 1. The van der Waals surface area contributed by atoms with E-state index in [0.717, 1.165) is 23.0 Å². The number of hydrogen-bond donors (Lipinski definition) is 0. The monoisotopic (exact) mass is 458 g/mol. The van der Waals surface area contributed by atoms with Gasteiger partial charge in [-0.2, -0.15) is 0 Å². The van der Waals surface area contributed by atoms with Crippen LogP contribution in [0.1, 0.15) is 42.4 Å². The van der Waals surface area contributed by atoms with Crippen LogP contribution in [0.2, 0.25) is 0 Å². The minimum atomic E-state index is 0.816. The van der Waals surface area contributed by atoms with Gasteiger partial charge in [-0.25, -0.2) is 4.57 Å². The molecule has 1 unspecified atom stereocenters. The zero-order valence-corrected chi connectivity index (χ0v) is 20.7. The Morgan fingerprint density at radius 2 is 1.54 bits per heavy atom. The first-order chi connectivity index (χ1) is 17.2. The van der Waals surface area contributed by atoms with E-state index >= 15 is 0 Å². The molecule has 2 nitrogen and oxygen atoms in total. The summed E-state index contributed by atoms with van der Waals surface area (Å²) in [6.45, 7) is 2.18. The number of fused-ring (bicyclic) bond motifs is 4. The van der Waals surface area contributed by atoms with E-state index in [1.165, 1.54) is 77.2 Å². The van der Waals surface area contributed by atoms with Gasteiger partial charge >= 0.3 is 0 Å². The third kappa shape index (κ3) is 3.26. The van der Waals surface area contributed by atoms with E-state index in [-0.39, 0.29) is 0 Å². The average Bonchev–Trinajstić information content (AvgIpc) is 3.62. The second-order valence-corrected chi connectivity index (χ2v) is 10.8. The summed E-state index contributed by atoms with van der Waals surface area (Å²) >= 11 is 0. The zero-order chi connectivity index (χ0) is 23.5. The first-order valence-electron chi connectivity index (χ1n) is 13.2. The van der Waals surface area contributed by atoms with Crippen LogP contribution in [0.4, 0.5) is 0 Å². The number of furan rings is 1. The van der Waals surface area contributed by atoms with Crippen LogP contribution in [0, 0.1) is 18.8 Å². The number of pyridine rings is 1. The lowest BCUT2D eigenvalue weighted by Crippen LogP contribution is -2.30. The van der Waals surface area contributed by atoms with Crippen molar-refractivity contribution < 1.29 is 8.98 Å². The van der Waals surface area contributed by atoms with Crippen LogP contribution < -0.4 is 4.57 Å². The molecule has 7 rings (SSSR count). The lowest BCUT2D eigenvalue weighted by molar-refractivity contribution is -0.660. The summed E-state index contributed by atoms with van der Waals surface area (Å²) in [5.74, 6) is 1.73. The number of benzene rings is 3. The molecule has 1 atom stereocenters. The third-order valence-electron chi connectivity index (χ3n) is 8.76. The maximum absolute atomic E-state index is 6.83. The molecule has 0 bridgehead atoms. The van der Waals surface area contributed by atoms with Crippen molar-refractivity contribution in [2.45, 2.75) is 45.4 Å². The second-order valence-electron chi connectivity index (χ2n) is 10.8. The molecule has 2 heteroatoms. The number of hydrogen-bond acceptors (Lipinski definition) is 1. The van der Waals surface area contributed by atoms with Gasteiger partial charge in [-0.3, -0.25) is 0 Å².